The number of nitrogens with one attached hydrogen (secondary N) is 1. The van der Waals surface area contributed by atoms with Gasteiger partial charge in [-0.05, 0) is 0 Å². The molecule has 7 nitrogen and oxygen atoms in total. The van der Waals surface area contributed by atoms with Gasteiger partial charge in [0.1, 0.15) is 5.15 Å². The second-order valence-corrected chi connectivity index (χ2v) is 3.58. The van der Waals surface area contributed by atoms with Crippen LogP contribution < -0.4 is 5.32 Å². The Morgan fingerprint density at radius 1 is 1.41 bits per heavy atom. The van der Waals surface area contributed by atoms with Crippen molar-refractivity contribution in [2.24, 2.45) is 0 Å². The van der Waals surface area contributed by atoms with Gasteiger partial charge in [-0.25, -0.2) is 9.97 Å². The average molecular weight is 253 g/mol. The molecule has 2 aromatic rings. The van der Waals surface area contributed by atoms with Gasteiger partial charge in [-0.15, -0.1) is 5.10 Å². The molecule has 8 heteroatoms. The summed E-state index contributed by atoms with van der Waals surface area (Å²) in [4.78, 5) is 19.2. The quantitative estimate of drug-likeness (QED) is 0.868. The summed E-state index contributed by atoms with van der Waals surface area (Å²) in [5.41, 5.74) is 0. The molecular formula is C9H9ClN6O. The molecule has 0 bridgehead atoms. The molecule has 0 spiro atoms. The van der Waals surface area contributed by atoms with E-state index in [0.29, 0.717) is 12.4 Å². The normalized spacial score (nSPS) is 10.2. The fraction of sp³-hybridized carbons (Fsp3) is 0.222. The fourth-order valence-corrected chi connectivity index (χ4v) is 1.25. The molecule has 0 radical (unpaired) electrons. The van der Waals surface area contributed by atoms with Crippen molar-refractivity contribution < 1.29 is 4.79 Å². The zero-order chi connectivity index (χ0) is 12.1. The number of hydrogen-bond donors (Lipinski definition) is 1. The molecule has 17 heavy (non-hydrogen) atoms. The van der Waals surface area contributed by atoms with Crippen molar-refractivity contribution in [3.63, 3.8) is 0 Å². The Kier molecular flexibility index (Phi) is 3.61. The van der Waals surface area contributed by atoms with E-state index in [1.165, 1.54) is 12.4 Å². The summed E-state index contributed by atoms with van der Waals surface area (Å²) in [7, 11) is 0. The summed E-state index contributed by atoms with van der Waals surface area (Å²) in [5, 5.41) is 10.3. The fourth-order valence-electron chi connectivity index (χ4n) is 1.15. The highest BCUT2D eigenvalue weighted by Crippen LogP contribution is 2.05. The van der Waals surface area contributed by atoms with E-state index in [-0.39, 0.29) is 17.5 Å². The van der Waals surface area contributed by atoms with Crippen LogP contribution in [0.1, 0.15) is 6.42 Å². The van der Waals surface area contributed by atoms with E-state index in [4.69, 9.17) is 11.6 Å². The third kappa shape index (κ3) is 3.49. The van der Waals surface area contributed by atoms with Gasteiger partial charge in [-0.2, -0.15) is 0 Å². The highest BCUT2D eigenvalue weighted by atomic mass is 35.5. The number of amides is 1. The molecule has 0 aliphatic heterocycles. The molecule has 2 aromatic heterocycles. The van der Waals surface area contributed by atoms with Gasteiger partial charge in [0.15, 0.2) is 5.82 Å². The molecule has 2 heterocycles. The van der Waals surface area contributed by atoms with E-state index in [9.17, 15) is 4.79 Å². The van der Waals surface area contributed by atoms with E-state index in [1.54, 1.807) is 17.1 Å². The summed E-state index contributed by atoms with van der Waals surface area (Å²) < 4.78 is 1.58. The molecule has 0 saturated heterocycles. The van der Waals surface area contributed by atoms with Crippen LogP contribution in [0.4, 0.5) is 5.82 Å². The van der Waals surface area contributed by atoms with Crippen LogP contribution >= 0.6 is 11.6 Å². The summed E-state index contributed by atoms with van der Waals surface area (Å²) in [6.07, 6.45) is 6.30. The lowest BCUT2D eigenvalue weighted by molar-refractivity contribution is -0.116. The molecule has 88 valence electrons. The molecule has 0 atom stereocenters. The van der Waals surface area contributed by atoms with Crippen LogP contribution in [0.15, 0.2) is 24.8 Å². The Labute approximate surface area is 102 Å². The third-order valence-corrected chi connectivity index (χ3v) is 2.12. The number of aromatic nitrogens is 5. The Balaban J connectivity index is 1.83. The van der Waals surface area contributed by atoms with Crippen LogP contribution in [0.3, 0.4) is 0 Å². The van der Waals surface area contributed by atoms with Crippen LogP contribution in [0.2, 0.25) is 5.15 Å². The maximum atomic E-state index is 11.5. The molecule has 0 aromatic carbocycles. The highest BCUT2D eigenvalue weighted by Gasteiger charge is 2.04. The molecule has 0 fully saturated rings. The summed E-state index contributed by atoms with van der Waals surface area (Å²) in [6, 6.07) is 0. The molecule has 0 unspecified atom stereocenters. The number of aryl methyl sites for hydroxylation is 1. The van der Waals surface area contributed by atoms with Crippen LogP contribution in [0.5, 0.6) is 0 Å². The lowest BCUT2D eigenvalue weighted by Crippen LogP contribution is -2.15. The zero-order valence-corrected chi connectivity index (χ0v) is 9.50. The first kappa shape index (κ1) is 11.5. The second kappa shape index (κ2) is 5.35. The minimum Gasteiger partial charge on any atom is -0.309 e. The van der Waals surface area contributed by atoms with E-state index in [0.717, 1.165) is 0 Å². The molecule has 0 aliphatic rings. The van der Waals surface area contributed by atoms with Gasteiger partial charge in [0, 0.05) is 12.6 Å². The maximum absolute atomic E-state index is 11.5. The van der Waals surface area contributed by atoms with E-state index >= 15 is 0 Å². The molecule has 1 amide bonds. The molecular weight excluding hydrogens is 244 g/mol. The summed E-state index contributed by atoms with van der Waals surface area (Å²) in [5.74, 6) is 0.204. The topological polar surface area (TPSA) is 85.6 Å². The van der Waals surface area contributed by atoms with Crippen LogP contribution in [0, 0.1) is 0 Å². The van der Waals surface area contributed by atoms with Crippen molar-refractivity contribution in [1.29, 1.82) is 0 Å². The number of hydrogen-bond acceptors (Lipinski definition) is 5. The van der Waals surface area contributed by atoms with Gasteiger partial charge in [0.25, 0.3) is 0 Å². The minimum absolute atomic E-state index is 0.169. The Morgan fingerprint density at radius 2 is 2.29 bits per heavy atom. The van der Waals surface area contributed by atoms with Gasteiger partial charge in [-0.1, -0.05) is 16.8 Å². The Morgan fingerprint density at radius 3 is 2.94 bits per heavy atom. The first-order valence-corrected chi connectivity index (χ1v) is 5.23. The molecule has 2 rings (SSSR count). The summed E-state index contributed by atoms with van der Waals surface area (Å²) in [6.45, 7) is 0.465. The van der Waals surface area contributed by atoms with E-state index in [2.05, 4.69) is 25.6 Å². The minimum atomic E-state index is -0.169. The van der Waals surface area contributed by atoms with Crippen molar-refractivity contribution in [2.75, 3.05) is 5.32 Å². The predicted octanol–water partition coefficient (Wildman–Crippen LogP) is 0.750. The highest BCUT2D eigenvalue weighted by molar-refractivity contribution is 6.29. The SMILES string of the molecule is O=C(CCn1ccnn1)Nc1cnc(Cl)cn1. The van der Waals surface area contributed by atoms with Crippen molar-refractivity contribution in [3.8, 4) is 0 Å². The first-order chi connectivity index (χ1) is 8.24. The van der Waals surface area contributed by atoms with Crippen molar-refractivity contribution in [1.82, 2.24) is 25.0 Å². The van der Waals surface area contributed by atoms with Gasteiger partial charge in [-0.3, -0.25) is 9.48 Å². The van der Waals surface area contributed by atoms with Crippen molar-refractivity contribution >= 4 is 23.3 Å². The predicted molar refractivity (Wildman–Crippen MR) is 60.3 cm³/mol. The van der Waals surface area contributed by atoms with Gasteiger partial charge in [0.2, 0.25) is 5.91 Å². The number of rotatable bonds is 4. The number of nitrogens with zero attached hydrogens (tertiary/aromatic N) is 5. The van der Waals surface area contributed by atoms with Crippen LogP contribution in [-0.4, -0.2) is 30.9 Å². The smallest absolute Gasteiger partial charge is 0.227 e. The van der Waals surface area contributed by atoms with Crippen LogP contribution in [0.25, 0.3) is 0 Å². The molecule has 0 saturated carbocycles. The van der Waals surface area contributed by atoms with Gasteiger partial charge >= 0.3 is 0 Å². The van der Waals surface area contributed by atoms with Gasteiger partial charge in [0.05, 0.1) is 25.1 Å². The van der Waals surface area contributed by atoms with Crippen molar-refractivity contribution in [3.05, 3.63) is 29.9 Å². The second-order valence-electron chi connectivity index (χ2n) is 3.19. The largest absolute Gasteiger partial charge is 0.309 e. The van der Waals surface area contributed by atoms with E-state index < -0.39 is 0 Å². The van der Waals surface area contributed by atoms with Crippen molar-refractivity contribution in [2.45, 2.75) is 13.0 Å². The Bertz CT molecular complexity index is 483. The maximum Gasteiger partial charge on any atom is 0.227 e. The van der Waals surface area contributed by atoms with E-state index in [1.807, 2.05) is 0 Å². The van der Waals surface area contributed by atoms with Gasteiger partial charge < -0.3 is 5.32 Å². The average Bonchev–Trinajstić information content (AvgIpc) is 2.83. The third-order valence-electron chi connectivity index (χ3n) is 1.93. The lowest BCUT2D eigenvalue weighted by Gasteiger charge is -2.03. The number of anilines is 1. The Hall–Kier alpha value is -2.02. The number of carbonyl (C=O) groups excluding carboxylic acids is 1. The zero-order valence-electron chi connectivity index (χ0n) is 8.75. The number of halogens is 1. The monoisotopic (exact) mass is 252 g/mol. The molecule has 0 aliphatic carbocycles. The van der Waals surface area contributed by atoms with Crippen LogP contribution in [-0.2, 0) is 11.3 Å². The summed E-state index contributed by atoms with van der Waals surface area (Å²) >= 11 is 5.57. The number of carbonyl (C=O) groups is 1. The lowest BCUT2D eigenvalue weighted by atomic mass is 10.4. The first-order valence-electron chi connectivity index (χ1n) is 4.85. The standard InChI is InChI=1S/C9H9ClN6O/c10-7-5-12-8(6-11-7)14-9(17)1-3-16-4-2-13-15-16/h2,4-6H,1,3H2,(H,12,14,17). The molecule has 1 N–H and O–H groups in total.